The number of ether oxygens (including phenoxy) is 1. The fraction of sp³-hybridized carbons (Fsp3) is 1.00. The Morgan fingerprint density at radius 2 is 2.00 bits per heavy atom. The fourth-order valence-electron chi connectivity index (χ4n) is 3.52. The van der Waals surface area contributed by atoms with Crippen molar-refractivity contribution in [2.75, 3.05) is 19.6 Å². The average molecular weight is 268 g/mol. The first-order valence-electron chi connectivity index (χ1n) is 7.98. The molecule has 19 heavy (non-hydrogen) atoms. The number of nitrogens with zero attached hydrogens (tertiary/aromatic N) is 1. The van der Waals surface area contributed by atoms with Crippen molar-refractivity contribution in [3.63, 3.8) is 0 Å². The lowest BCUT2D eigenvalue weighted by molar-refractivity contribution is -0.0426. The van der Waals surface area contributed by atoms with Gasteiger partial charge in [0.1, 0.15) is 0 Å². The zero-order valence-corrected chi connectivity index (χ0v) is 13.5. The second-order valence-corrected chi connectivity index (χ2v) is 7.67. The number of nitrogens with one attached hydrogen (secondary N) is 1. The molecule has 2 saturated heterocycles. The van der Waals surface area contributed by atoms with E-state index in [4.69, 9.17) is 4.74 Å². The first-order valence-corrected chi connectivity index (χ1v) is 7.98. The van der Waals surface area contributed by atoms with Gasteiger partial charge in [-0.25, -0.2) is 0 Å². The van der Waals surface area contributed by atoms with Gasteiger partial charge in [0, 0.05) is 31.2 Å². The van der Waals surface area contributed by atoms with Crippen LogP contribution in [0.1, 0.15) is 60.3 Å². The van der Waals surface area contributed by atoms with Gasteiger partial charge in [0.15, 0.2) is 0 Å². The third-order valence-corrected chi connectivity index (χ3v) is 4.55. The Balaban J connectivity index is 1.94. The van der Waals surface area contributed by atoms with Crippen molar-refractivity contribution in [2.24, 2.45) is 0 Å². The molecule has 2 atom stereocenters. The van der Waals surface area contributed by atoms with Crippen LogP contribution in [0.5, 0.6) is 0 Å². The highest BCUT2D eigenvalue weighted by atomic mass is 16.5. The summed E-state index contributed by atoms with van der Waals surface area (Å²) in [5, 5.41) is 3.68. The molecule has 2 fully saturated rings. The molecule has 2 aliphatic rings. The molecule has 3 nitrogen and oxygen atoms in total. The van der Waals surface area contributed by atoms with Crippen LogP contribution in [0.2, 0.25) is 0 Å². The molecule has 2 rings (SSSR count). The van der Waals surface area contributed by atoms with Crippen LogP contribution < -0.4 is 5.32 Å². The normalized spacial score (nSPS) is 34.6. The molecule has 2 heterocycles. The smallest absolute Gasteiger partial charge is 0.0710 e. The molecule has 0 radical (unpaired) electrons. The Morgan fingerprint density at radius 3 is 2.58 bits per heavy atom. The molecule has 2 unspecified atom stereocenters. The van der Waals surface area contributed by atoms with Gasteiger partial charge in [-0.1, -0.05) is 13.3 Å². The maximum atomic E-state index is 6.18. The van der Waals surface area contributed by atoms with Crippen LogP contribution in [0.3, 0.4) is 0 Å². The summed E-state index contributed by atoms with van der Waals surface area (Å²) in [5.74, 6) is 0. The van der Waals surface area contributed by atoms with E-state index in [1.165, 1.54) is 25.7 Å². The summed E-state index contributed by atoms with van der Waals surface area (Å²) in [7, 11) is 0. The van der Waals surface area contributed by atoms with Gasteiger partial charge in [0.25, 0.3) is 0 Å². The minimum atomic E-state index is 0.0917. The Kier molecular flexibility index (Phi) is 4.59. The highest BCUT2D eigenvalue weighted by Crippen LogP contribution is 2.31. The summed E-state index contributed by atoms with van der Waals surface area (Å²) in [5.41, 5.74) is 0.326. The van der Waals surface area contributed by atoms with Crippen LogP contribution in [-0.2, 0) is 4.74 Å². The van der Waals surface area contributed by atoms with E-state index in [-0.39, 0.29) is 11.1 Å². The second kappa shape index (κ2) is 5.71. The van der Waals surface area contributed by atoms with Crippen LogP contribution in [0.15, 0.2) is 0 Å². The van der Waals surface area contributed by atoms with Crippen molar-refractivity contribution < 1.29 is 4.74 Å². The van der Waals surface area contributed by atoms with E-state index in [0.717, 1.165) is 19.6 Å². The summed E-state index contributed by atoms with van der Waals surface area (Å²) in [4.78, 5) is 2.67. The molecule has 1 N–H and O–H groups in total. The lowest BCUT2D eigenvalue weighted by Gasteiger charge is -2.45. The Morgan fingerprint density at radius 1 is 1.26 bits per heavy atom. The summed E-state index contributed by atoms with van der Waals surface area (Å²) in [6, 6.07) is 0.685. The maximum Gasteiger partial charge on any atom is 0.0710 e. The third kappa shape index (κ3) is 4.17. The van der Waals surface area contributed by atoms with E-state index >= 15 is 0 Å². The second-order valence-electron chi connectivity index (χ2n) is 7.67. The molecule has 3 heteroatoms. The van der Waals surface area contributed by atoms with Crippen LogP contribution >= 0.6 is 0 Å². The van der Waals surface area contributed by atoms with Crippen LogP contribution in [0, 0.1) is 0 Å². The highest BCUT2D eigenvalue weighted by Gasteiger charge is 2.37. The van der Waals surface area contributed by atoms with E-state index in [1.54, 1.807) is 0 Å². The zero-order chi connectivity index (χ0) is 14.1. The summed E-state index contributed by atoms with van der Waals surface area (Å²) in [6.45, 7) is 14.7. The quantitative estimate of drug-likeness (QED) is 0.848. The summed E-state index contributed by atoms with van der Waals surface area (Å²) < 4.78 is 6.18. The van der Waals surface area contributed by atoms with E-state index in [9.17, 15) is 0 Å². The van der Waals surface area contributed by atoms with Gasteiger partial charge in [-0.3, -0.25) is 4.90 Å². The molecule has 0 saturated carbocycles. The van der Waals surface area contributed by atoms with Crippen LogP contribution in [0.4, 0.5) is 0 Å². The van der Waals surface area contributed by atoms with Gasteiger partial charge in [-0.15, -0.1) is 0 Å². The molecule has 0 aromatic rings. The van der Waals surface area contributed by atoms with Crippen molar-refractivity contribution in [1.82, 2.24) is 10.2 Å². The van der Waals surface area contributed by atoms with Gasteiger partial charge in [0.05, 0.1) is 11.7 Å². The van der Waals surface area contributed by atoms with Gasteiger partial charge < -0.3 is 10.1 Å². The minimum absolute atomic E-state index is 0.0917. The van der Waals surface area contributed by atoms with Crippen molar-refractivity contribution in [2.45, 2.75) is 83.6 Å². The zero-order valence-electron chi connectivity index (χ0n) is 13.5. The SMILES string of the molecule is CCCC1CNC(C)(C)CN1CC1CCC(C)(C)O1. The van der Waals surface area contributed by atoms with Gasteiger partial charge in [-0.05, 0) is 47.0 Å². The Bertz CT molecular complexity index is 301. The Labute approximate surface area is 119 Å². The molecule has 2 aliphatic heterocycles. The minimum Gasteiger partial charge on any atom is -0.371 e. The van der Waals surface area contributed by atoms with E-state index in [1.807, 2.05) is 0 Å². The van der Waals surface area contributed by atoms with Gasteiger partial charge in [-0.2, -0.15) is 0 Å². The number of hydrogen-bond acceptors (Lipinski definition) is 3. The average Bonchev–Trinajstić information content (AvgIpc) is 2.62. The van der Waals surface area contributed by atoms with Crippen molar-refractivity contribution in [3.05, 3.63) is 0 Å². The van der Waals surface area contributed by atoms with E-state index < -0.39 is 0 Å². The highest BCUT2D eigenvalue weighted by molar-refractivity contribution is 4.94. The van der Waals surface area contributed by atoms with E-state index in [0.29, 0.717) is 12.1 Å². The first-order chi connectivity index (χ1) is 8.81. The molecule has 0 amide bonds. The van der Waals surface area contributed by atoms with Gasteiger partial charge in [0.2, 0.25) is 0 Å². The van der Waals surface area contributed by atoms with Crippen LogP contribution in [0.25, 0.3) is 0 Å². The maximum absolute atomic E-state index is 6.18. The van der Waals surface area contributed by atoms with Crippen molar-refractivity contribution in [3.8, 4) is 0 Å². The van der Waals surface area contributed by atoms with Crippen molar-refractivity contribution >= 4 is 0 Å². The number of rotatable bonds is 4. The molecule has 0 aromatic heterocycles. The molecule has 0 aliphatic carbocycles. The lowest BCUT2D eigenvalue weighted by Crippen LogP contribution is -2.62. The third-order valence-electron chi connectivity index (χ3n) is 4.55. The predicted molar refractivity (Wildman–Crippen MR) is 80.5 cm³/mol. The number of piperazine rings is 1. The molecule has 0 aromatic carbocycles. The standard InChI is InChI=1S/C16H32N2O/c1-6-7-13-10-17-15(2,3)12-18(13)11-14-8-9-16(4,5)19-14/h13-14,17H,6-12H2,1-5H3. The molecule has 112 valence electrons. The Hall–Kier alpha value is -0.120. The van der Waals surface area contributed by atoms with Crippen LogP contribution in [-0.4, -0.2) is 47.8 Å². The molecular formula is C16H32N2O. The number of hydrogen-bond donors (Lipinski definition) is 1. The van der Waals surface area contributed by atoms with Gasteiger partial charge >= 0.3 is 0 Å². The fourth-order valence-corrected chi connectivity index (χ4v) is 3.52. The summed E-state index contributed by atoms with van der Waals surface area (Å²) in [6.07, 6.45) is 5.41. The summed E-state index contributed by atoms with van der Waals surface area (Å²) >= 11 is 0. The van der Waals surface area contributed by atoms with Crippen molar-refractivity contribution in [1.29, 1.82) is 0 Å². The topological polar surface area (TPSA) is 24.5 Å². The first kappa shape index (κ1) is 15.3. The molecule has 0 bridgehead atoms. The predicted octanol–water partition coefficient (Wildman–Crippen LogP) is 2.80. The molecule has 0 spiro atoms. The largest absolute Gasteiger partial charge is 0.371 e. The molecular weight excluding hydrogens is 236 g/mol. The lowest BCUT2D eigenvalue weighted by atomic mass is 9.96. The van der Waals surface area contributed by atoms with E-state index in [2.05, 4.69) is 44.8 Å². The monoisotopic (exact) mass is 268 g/mol.